The molecular weight excluding hydrogens is 561 g/mol. The summed E-state index contributed by atoms with van der Waals surface area (Å²) in [7, 11) is 1.29. The number of benzene rings is 2. The highest BCUT2D eigenvalue weighted by Gasteiger charge is 2.44. The molecule has 2 aromatic carbocycles. The number of pyridine rings is 1. The summed E-state index contributed by atoms with van der Waals surface area (Å²) >= 11 is 0. The molecule has 0 spiro atoms. The van der Waals surface area contributed by atoms with Gasteiger partial charge in [0.2, 0.25) is 5.91 Å². The standard InChI is InChI=1S/C28H27F3N4O7/c1-16-11-18(20-5-3-4-6-22(20)32-16)14-41-19-9-7-17(8-10-19)25(37)33-23-13-35(24(36)15-40-2)12-21(23)26(38)34-42-27(39)28(29,30)31/h3-11,21,23H,12-15H2,1-2H3,(H,33,37)(H,34,38)/t21-,23+/m0/s1. The fraction of sp³-hybridized carbons (Fsp3) is 0.321. The van der Waals surface area contributed by atoms with Gasteiger partial charge in [-0.1, -0.05) is 18.2 Å². The van der Waals surface area contributed by atoms with Crippen LogP contribution in [0.15, 0.2) is 54.6 Å². The molecule has 0 radical (unpaired) electrons. The smallest absolute Gasteiger partial charge is 0.489 e. The molecule has 0 bridgehead atoms. The van der Waals surface area contributed by atoms with Crippen LogP contribution in [-0.4, -0.2) is 72.6 Å². The lowest BCUT2D eigenvalue weighted by Gasteiger charge is -2.19. The second-order valence-electron chi connectivity index (χ2n) is 9.52. The zero-order valence-corrected chi connectivity index (χ0v) is 22.6. The number of carbonyl (C=O) groups excluding carboxylic acids is 4. The molecule has 1 saturated heterocycles. The second kappa shape index (κ2) is 12.9. The van der Waals surface area contributed by atoms with Crippen LogP contribution in [0.3, 0.4) is 0 Å². The first-order valence-corrected chi connectivity index (χ1v) is 12.7. The molecule has 0 aliphatic carbocycles. The predicted octanol–water partition coefficient (Wildman–Crippen LogP) is 2.46. The van der Waals surface area contributed by atoms with Gasteiger partial charge in [-0.3, -0.25) is 19.4 Å². The van der Waals surface area contributed by atoms with Gasteiger partial charge in [0.25, 0.3) is 11.8 Å². The Bertz CT molecular complexity index is 1480. The number of likely N-dealkylation sites (tertiary alicyclic amines) is 1. The second-order valence-corrected chi connectivity index (χ2v) is 9.52. The van der Waals surface area contributed by atoms with E-state index in [1.54, 1.807) is 12.1 Å². The first kappa shape index (κ1) is 30.2. The Morgan fingerprint density at radius 3 is 2.45 bits per heavy atom. The van der Waals surface area contributed by atoms with Crippen LogP contribution in [0.4, 0.5) is 13.2 Å². The van der Waals surface area contributed by atoms with Gasteiger partial charge in [0.15, 0.2) is 0 Å². The zero-order chi connectivity index (χ0) is 30.4. The summed E-state index contributed by atoms with van der Waals surface area (Å²) in [4.78, 5) is 58.4. The van der Waals surface area contributed by atoms with Crippen molar-refractivity contribution in [2.75, 3.05) is 26.8 Å². The van der Waals surface area contributed by atoms with Crippen molar-refractivity contribution in [1.29, 1.82) is 0 Å². The highest BCUT2D eigenvalue weighted by atomic mass is 19.4. The number of hydrogen-bond acceptors (Lipinski definition) is 8. The van der Waals surface area contributed by atoms with E-state index in [-0.39, 0.29) is 31.9 Å². The van der Waals surface area contributed by atoms with Gasteiger partial charge in [0, 0.05) is 42.4 Å². The minimum atomic E-state index is -5.32. The van der Waals surface area contributed by atoms with Crippen LogP contribution in [-0.2, 0) is 30.6 Å². The molecule has 222 valence electrons. The van der Waals surface area contributed by atoms with Gasteiger partial charge in [-0.05, 0) is 43.3 Å². The Morgan fingerprint density at radius 2 is 1.76 bits per heavy atom. The monoisotopic (exact) mass is 588 g/mol. The van der Waals surface area contributed by atoms with Crippen LogP contribution in [0.2, 0.25) is 0 Å². The minimum Gasteiger partial charge on any atom is -0.489 e. The number of halogens is 3. The largest absolute Gasteiger partial charge is 0.493 e. The molecule has 2 heterocycles. The predicted molar refractivity (Wildman–Crippen MR) is 141 cm³/mol. The van der Waals surface area contributed by atoms with Gasteiger partial charge >= 0.3 is 12.1 Å². The van der Waals surface area contributed by atoms with Crippen molar-refractivity contribution < 1.29 is 46.7 Å². The fourth-order valence-corrected chi connectivity index (χ4v) is 4.49. The topological polar surface area (TPSA) is 136 Å². The van der Waals surface area contributed by atoms with Crippen LogP contribution >= 0.6 is 0 Å². The molecule has 42 heavy (non-hydrogen) atoms. The van der Waals surface area contributed by atoms with Crippen LogP contribution in [0.25, 0.3) is 10.9 Å². The number of aromatic nitrogens is 1. The number of hydroxylamine groups is 1. The Kier molecular flexibility index (Phi) is 9.25. The number of rotatable bonds is 8. The van der Waals surface area contributed by atoms with Crippen molar-refractivity contribution in [2.24, 2.45) is 5.92 Å². The van der Waals surface area contributed by atoms with Crippen molar-refractivity contribution in [3.63, 3.8) is 0 Å². The molecule has 1 aliphatic heterocycles. The number of alkyl halides is 3. The normalized spacial score (nSPS) is 16.6. The molecule has 1 fully saturated rings. The number of amides is 3. The number of ether oxygens (including phenoxy) is 2. The van der Waals surface area contributed by atoms with E-state index >= 15 is 0 Å². The summed E-state index contributed by atoms with van der Waals surface area (Å²) in [5.41, 5.74) is 4.31. The van der Waals surface area contributed by atoms with Crippen molar-refractivity contribution in [1.82, 2.24) is 20.7 Å². The molecule has 1 aliphatic rings. The summed E-state index contributed by atoms with van der Waals surface area (Å²) in [6, 6.07) is 14.8. The number of carbonyl (C=O) groups is 4. The van der Waals surface area contributed by atoms with Crippen LogP contribution in [0.5, 0.6) is 5.75 Å². The maximum absolute atomic E-state index is 13.0. The van der Waals surface area contributed by atoms with E-state index in [4.69, 9.17) is 9.47 Å². The van der Waals surface area contributed by atoms with Gasteiger partial charge in [-0.15, -0.1) is 0 Å². The quantitative estimate of drug-likeness (QED) is 0.383. The van der Waals surface area contributed by atoms with Crippen LogP contribution in [0.1, 0.15) is 21.6 Å². The van der Waals surface area contributed by atoms with Gasteiger partial charge < -0.3 is 24.5 Å². The fourth-order valence-electron chi connectivity index (χ4n) is 4.49. The molecule has 1 aromatic heterocycles. The highest BCUT2D eigenvalue weighted by molar-refractivity contribution is 5.95. The first-order valence-electron chi connectivity index (χ1n) is 12.7. The highest BCUT2D eigenvalue weighted by Crippen LogP contribution is 2.23. The van der Waals surface area contributed by atoms with Gasteiger partial charge in [-0.25, -0.2) is 4.79 Å². The lowest BCUT2D eigenvalue weighted by atomic mass is 10.0. The Labute approximate surface area is 237 Å². The summed E-state index contributed by atoms with van der Waals surface area (Å²) in [6.45, 7) is 1.47. The summed E-state index contributed by atoms with van der Waals surface area (Å²) < 4.78 is 48.1. The van der Waals surface area contributed by atoms with E-state index in [2.05, 4.69) is 15.1 Å². The summed E-state index contributed by atoms with van der Waals surface area (Å²) in [6.07, 6.45) is -5.32. The van der Waals surface area contributed by atoms with E-state index in [0.29, 0.717) is 5.75 Å². The number of methoxy groups -OCH3 is 1. The van der Waals surface area contributed by atoms with E-state index in [9.17, 15) is 32.3 Å². The maximum Gasteiger partial charge on any atom is 0.493 e. The Hall–Kier alpha value is -4.72. The Balaban J connectivity index is 1.41. The lowest BCUT2D eigenvalue weighted by molar-refractivity contribution is -0.208. The third-order valence-corrected chi connectivity index (χ3v) is 6.51. The zero-order valence-electron chi connectivity index (χ0n) is 22.6. The molecule has 14 heteroatoms. The average molecular weight is 589 g/mol. The van der Waals surface area contributed by atoms with Crippen molar-refractivity contribution >= 4 is 34.6 Å². The molecule has 11 nitrogen and oxygen atoms in total. The number of hydrogen-bond donors (Lipinski definition) is 2. The molecule has 3 aromatic rings. The molecule has 4 rings (SSSR count). The van der Waals surface area contributed by atoms with Crippen molar-refractivity contribution in [2.45, 2.75) is 25.7 Å². The maximum atomic E-state index is 13.0. The van der Waals surface area contributed by atoms with Crippen LogP contribution in [0, 0.1) is 12.8 Å². The van der Waals surface area contributed by atoms with Gasteiger partial charge in [0.05, 0.1) is 17.5 Å². The number of fused-ring (bicyclic) bond motifs is 1. The number of nitrogens with zero attached hydrogens (tertiary/aromatic N) is 2. The summed E-state index contributed by atoms with van der Waals surface area (Å²) in [5, 5.41) is 3.59. The van der Waals surface area contributed by atoms with E-state index in [0.717, 1.165) is 22.2 Å². The molecule has 2 N–H and O–H groups in total. The lowest BCUT2D eigenvalue weighted by Crippen LogP contribution is -2.47. The molecular formula is C28H27F3N4O7. The number of aryl methyl sites for hydroxylation is 1. The average Bonchev–Trinajstić information content (AvgIpc) is 3.38. The number of nitrogens with one attached hydrogen (secondary N) is 2. The van der Waals surface area contributed by atoms with E-state index in [1.165, 1.54) is 29.6 Å². The molecule has 0 saturated carbocycles. The SMILES string of the molecule is COCC(=O)N1C[C@H](C(=O)NOC(=O)C(F)(F)F)[C@H](NC(=O)c2ccc(OCc3cc(C)nc4ccccc34)cc2)C1. The minimum absolute atomic E-state index is 0.125. The van der Waals surface area contributed by atoms with E-state index in [1.807, 2.05) is 37.3 Å². The Morgan fingerprint density at radius 1 is 1.05 bits per heavy atom. The number of para-hydroxylation sites is 1. The molecule has 2 atom stereocenters. The third kappa shape index (κ3) is 7.32. The van der Waals surface area contributed by atoms with Crippen molar-refractivity contribution in [3.8, 4) is 5.75 Å². The van der Waals surface area contributed by atoms with Gasteiger partial charge in [-0.2, -0.15) is 18.7 Å². The molecule has 0 unspecified atom stereocenters. The van der Waals surface area contributed by atoms with Crippen molar-refractivity contribution in [3.05, 3.63) is 71.4 Å². The van der Waals surface area contributed by atoms with E-state index < -0.39 is 41.8 Å². The van der Waals surface area contributed by atoms with Gasteiger partial charge in [0.1, 0.15) is 19.0 Å². The first-order chi connectivity index (χ1) is 20.0. The van der Waals surface area contributed by atoms with Crippen LogP contribution < -0.4 is 15.5 Å². The summed E-state index contributed by atoms with van der Waals surface area (Å²) in [5.74, 6) is -5.56. The third-order valence-electron chi connectivity index (χ3n) is 6.51. The molecule has 3 amide bonds.